The predicted molar refractivity (Wildman–Crippen MR) is 202 cm³/mol. The van der Waals surface area contributed by atoms with Crippen LogP contribution in [0.1, 0.15) is 94.2 Å². The van der Waals surface area contributed by atoms with Crippen LogP contribution >= 0.6 is 0 Å². The lowest BCUT2D eigenvalue weighted by Crippen LogP contribution is -2.29. The molecular weight excluding hydrogens is 553 g/mol. The zero-order chi connectivity index (χ0) is 32.5. The van der Waals surface area contributed by atoms with E-state index in [-0.39, 0.29) is 0 Å². The zero-order valence-corrected chi connectivity index (χ0v) is 28.5. The highest BCUT2D eigenvalue weighted by Gasteiger charge is 2.44. The van der Waals surface area contributed by atoms with Crippen LogP contribution in [0.4, 0.5) is 0 Å². The number of rotatable bonds is 11. The second kappa shape index (κ2) is 15.1. The van der Waals surface area contributed by atoms with Crippen LogP contribution in [0.25, 0.3) is 17.2 Å². The monoisotopic (exact) mass is 600 g/mol. The van der Waals surface area contributed by atoms with Gasteiger partial charge in [-0.1, -0.05) is 165 Å². The van der Waals surface area contributed by atoms with E-state index in [2.05, 4.69) is 187 Å². The lowest BCUT2D eigenvalue weighted by Gasteiger charge is -2.35. The van der Waals surface area contributed by atoms with Gasteiger partial charge in [0.25, 0.3) is 0 Å². The first-order valence-corrected chi connectivity index (χ1v) is 16.8. The van der Waals surface area contributed by atoms with Crippen LogP contribution in [0.5, 0.6) is 0 Å². The van der Waals surface area contributed by atoms with Crippen LogP contribution < -0.4 is 0 Å². The van der Waals surface area contributed by atoms with Crippen molar-refractivity contribution < 1.29 is 0 Å². The summed E-state index contributed by atoms with van der Waals surface area (Å²) in [6, 6.07) is 40.1. The molecule has 0 spiro atoms. The van der Waals surface area contributed by atoms with Gasteiger partial charge in [0, 0.05) is 0 Å². The second-order valence-corrected chi connectivity index (χ2v) is 12.4. The molecule has 0 aromatic heterocycles. The predicted octanol–water partition coefficient (Wildman–Crippen LogP) is 13.0. The summed E-state index contributed by atoms with van der Waals surface area (Å²) >= 11 is 0. The maximum atomic E-state index is 2.47. The molecule has 0 atom stereocenters. The Morgan fingerprint density at radius 1 is 0.674 bits per heavy atom. The minimum atomic E-state index is -0.433. The van der Waals surface area contributed by atoms with Crippen molar-refractivity contribution in [3.8, 4) is 0 Å². The van der Waals surface area contributed by atoms with Crippen molar-refractivity contribution in [1.29, 1.82) is 0 Å². The molecule has 0 heteroatoms. The number of allylic oxidation sites excluding steroid dienone is 11. The van der Waals surface area contributed by atoms with Gasteiger partial charge in [0.1, 0.15) is 0 Å². The minimum absolute atomic E-state index is 0.433. The van der Waals surface area contributed by atoms with E-state index < -0.39 is 5.41 Å². The maximum absolute atomic E-state index is 2.47. The van der Waals surface area contributed by atoms with Crippen LogP contribution in [-0.2, 0) is 5.41 Å². The number of hydrogen-bond donors (Lipinski definition) is 0. The highest BCUT2D eigenvalue weighted by Crippen LogP contribution is 2.54. The number of hydrogen-bond acceptors (Lipinski definition) is 0. The van der Waals surface area contributed by atoms with Crippen LogP contribution in [0, 0.1) is 0 Å². The quantitative estimate of drug-likeness (QED) is 0.119. The molecule has 1 aliphatic carbocycles. The Bertz CT molecular complexity index is 1780. The molecule has 4 aromatic carbocycles. The van der Waals surface area contributed by atoms with Gasteiger partial charge in [-0.3, -0.25) is 0 Å². The average Bonchev–Trinajstić information content (AvgIpc) is 3.44. The van der Waals surface area contributed by atoms with Crippen LogP contribution in [0.2, 0.25) is 0 Å². The van der Waals surface area contributed by atoms with Crippen molar-refractivity contribution >= 4 is 17.2 Å². The van der Waals surface area contributed by atoms with E-state index in [0.29, 0.717) is 0 Å². The maximum Gasteiger partial charge on any atom is 0.0707 e. The topological polar surface area (TPSA) is 0 Å². The molecule has 0 bridgehead atoms. The Morgan fingerprint density at radius 3 is 1.83 bits per heavy atom. The summed E-state index contributed by atoms with van der Waals surface area (Å²) in [5.74, 6) is 0. The Morgan fingerprint density at radius 2 is 1.28 bits per heavy atom. The van der Waals surface area contributed by atoms with Gasteiger partial charge in [-0.15, -0.1) is 0 Å². The SMILES string of the molecule is C/C=C\C=C/C1=Cc2c(/C(CC=C(C)C)=C(\CC)C(=C(C)CC)c3ccccc3)cccc2C1(c1ccccc1)c1ccccc1. The summed E-state index contributed by atoms with van der Waals surface area (Å²) in [4.78, 5) is 0. The van der Waals surface area contributed by atoms with E-state index in [1.165, 1.54) is 66.8 Å². The van der Waals surface area contributed by atoms with Gasteiger partial charge in [-0.25, -0.2) is 0 Å². The van der Waals surface area contributed by atoms with Crippen LogP contribution in [-0.4, -0.2) is 0 Å². The van der Waals surface area contributed by atoms with E-state index in [4.69, 9.17) is 0 Å². The van der Waals surface area contributed by atoms with Gasteiger partial charge >= 0.3 is 0 Å². The van der Waals surface area contributed by atoms with E-state index in [1.807, 2.05) is 0 Å². The van der Waals surface area contributed by atoms with E-state index in [0.717, 1.165) is 19.3 Å². The molecule has 0 radical (unpaired) electrons. The van der Waals surface area contributed by atoms with Crippen molar-refractivity contribution in [2.45, 2.75) is 66.2 Å². The fourth-order valence-corrected chi connectivity index (χ4v) is 7.06. The molecular formula is C46H48. The van der Waals surface area contributed by atoms with Crippen molar-refractivity contribution in [3.63, 3.8) is 0 Å². The fraction of sp³-hybridized carbons (Fsp3) is 0.217. The van der Waals surface area contributed by atoms with Gasteiger partial charge in [0.05, 0.1) is 5.41 Å². The molecule has 0 saturated heterocycles. The average molecular weight is 601 g/mol. The van der Waals surface area contributed by atoms with Crippen LogP contribution in [0.15, 0.2) is 162 Å². The molecule has 0 amide bonds. The van der Waals surface area contributed by atoms with Gasteiger partial charge in [-0.05, 0) is 109 Å². The largest absolute Gasteiger partial charge is 0.0877 e. The van der Waals surface area contributed by atoms with Crippen molar-refractivity contribution in [3.05, 3.63) is 195 Å². The summed E-state index contributed by atoms with van der Waals surface area (Å²) in [5, 5.41) is 0. The van der Waals surface area contributed by atoms with Crippen molar-refractivity contribution in [2.75, 3.05) is 0 Å². The Hall–Kier alpha value is -4.68. The minimum Gasteiger partial charge on any atom is -0.0877 e. The van der Waals surface area contributed by atoms with Crippen molar-refractivity contribution in [1.82, 2.24) is 0 Å². The molecule has 0 saturated carbocycles. The summed E-state index contributed by atoms with van der Waals surface area (Å²) < 4.78 is 0. The normalized spacial score (nSPS) is 15.0. The van der Waals surface area contributed by atoms with Gasteiger partial charge in [-0.2, -0.15) is 0 Å². The fourth-order valence-electron chi connectivity index (χ4n) is 7.06. The Balaban J connectivity index is 1.91. The first-order chi connectivity index (χ1) is 22.5. The van der Waals surface area contributed by atoms with Crippen LogP contribution in [0.3, 0.4) is 0 Å². The smallest absolute Gasteiger partial charge is 0.0707 e. The lowest BCUT2D eigenvalue weighted by atomic mass is 9.66. The lowest BCUT2D eigenvalue weighted by molar-refractivity contribution is 0.761. The molecule has 0 aliphatic heterocycles. The van der Waals surface area contributed by atoms with Gasteiger partial charge in [0.15, 0.2) is 0 Å². The van der Waals surface area contributed by atoms with Gasteiger partial charge in [0.2, 0.25) is 0 Å². The third-order valence-corrected chi connectivity index (χ3v) is 9.31. The Kier molecular flexibility index (Phi) is 10.7. The van der Waals surface area contributed by atoms with Crippen molar-refractivity contribution in [2.24, 2.45) is 0 Å². The standard InChI is InChI=1S/C46H48/c1-7-10-14-28-39-33-43-41(29-21-30-44(43)46(39,37-24-17-12-18-25-37)38-26-19-13-20-27-38)42(32-31-34(4)5)40(9-3)45(35(6)8-2)36-22-15-11-16-23-36/h7,10-31,33H,8-9,32H2,1-6H3/b10-7-,28-14-,42-40+,45-35?. The second-order valence-electron chi connectivity index (χ2n) is 12.4. The molecule has 0 unspecified atom stereocenters. The molecule has 0 heterocycles. The van der Waals surface area contributed by atoms with E-state index in [1.54, 1.807) is 0 Å². The van der Waals surface area contributed by atoms with E-state index in [9.17, 15) is 0 Å². The summed E-state index contributed by atoms with van der Waals surface area (Å²) in [6.07, 6.45) is 16.5. The Labute approximate surface area is 277 Å². The van der Waals surface area contributed by atoms with Gasteiger partial charge < -0.3 is 0 Å². The summed E-state index contributed by atoms with van der Waals surface area (Å²) in [7, 11) is 0. The molecule has 0 nitrogen and oxygen atoms in total. The molecule has 232 valence electrons. The molecule has 0 N–H and O–H groups in total. The highest BCUT2D eigenvalue weighted by atomic mass is 14.5. The molecule has 46 heavy (non-hydrogen) atoms. The molecule has 4 aromatic rings. The third kappa shape index (κ3) is 6.35. The summed E-state index contributed by atoms with van der Waals surface area (Å²) in [6.45, 7) is 13.4. The number of benzene rings is 4. The third-order valence-electron chi connectivity index (χ3n) is 9.31. The molecule has 0 fully saturated rings. The molecule has 1 aliphatic rings. The first kappa shape index (κ1) is 32.7. The number of fused-ring (bicyclic) bond motifs is 1. The first-order valence-electron chi connectivity index (χ1n) is 16.8. The molecule has 5 rings (SSSR count). The summed E-state index contributed by atoms with van der Waals surface area (Å²) in [5.41, 5.74) is 15.7. The zero-order valence-electron chi connectivity index (χ0n) is 28.5. The highest BCUT2D eigenvalue weighted by molar-refractivity contribution is 5.95. The van der Waals surface area contributed by atoms with E-state index >= 15 is 0 Å².